The molecule has 1 aliphatic rings. The van der Waals surface area contributed by atoms with Gasteiger partial charge in [-0.1, -0.05) is 6.92 Å². The maximum absolute atomic E-state index is 11.4. The van der Waals surface area contributed by atoms with Crippen molar-refractivity contribution in [2.75, 3.05) is 19.8 Å². The molecule has 1 aliphatic heterocycles. The molecule has 0 aromatic heterocycles. The molecule has 3 heteroatoms. The van der Waals surface area contributed by atoms with E-state index < -0.39 is 0 Å². The zero-order valence-electron chi connectivity index (χ0n) is 8.96. The van der Waals surface area contributed by atoms with Gasteiger partial charge in [0.25, 0.3) is 0 Å². The predicted molar refractivity (Wildman–Crippen MR) is 54.3 cm³/mol. The van der Waals surface area contributed by atoms with Gasteiger partial charge in [0.1, 0.15) is 6.61 Å². The molecule has 0 radical (unpaired) electrons. The van der Waals surface area contributed by atoms with Crippen molar-refractivity contribution in [2.24, 2.45) is 0 Å². The van der Waals surface area contributed by atoms with E-state index in [0.29, 0.717) is 13.0 Å². The van der Waals surface area contributed by atoms with E-state index in [1.165, 1.54) is 6.42 Å². The first-order valence-electron chi connectivity index (χ1n) is 5.54. The van der Waals surface area contributed by atoms with E-state index in [2.05, 4.69) is 0 Å². The Kier molecular flexibility index (Phi) is 5.80. The Labute approximate surface area is 85.8 Å². The van der Waals surface area contributed by atoms with Crippen molar-refractivity contribution in [3.05, 3.63) is 0 Å². The lowest BCUT2D eigenvalue weighted by Crippen LogP contribution is -2.24. The van der Waals surface area contributed by atoms with Crippen molar-refractivity contribution < 1.29 is 14.3 Å². The molecule has 14 heavy (non-hydrogen) atoms. The minimum atomic E-state index is 0.154. The number of ether oxygens (including phenoxy) is 2. The van der Waals surface area contributed by atoms with E-state index in [1.807, 2.05) is 6.92 Å². The van der Waals surface area contributed by atoms with E-state index in [0.717, 1.165) is 25.9 Å². The van der Waals surface area contributed by atoms with Gasteiger partial charge in [-0.05, 0) is 25.7 Å². The zero-order valence-corrected chi connectivity index (χ0v) is 8.96. The van der Waals surface area contributed by atoms with E-state index in [-0.39, 0.29) is 18.5 Å². The Bertz CT molecular complexity index is 162. The summed E-state index contributed by atoms with van der Waals surface area (Å²) in [7, 11) is 0. The average molecular weight is 200 g/mol. The highest BCUT2D eigenvalue weighted by Gasteiger charge is 2.17. The Morgan fingerprint density at radius 1 is 1.50 bits per heavy atom. The van der Waals surface area contributed by atoms with Crippen LogP contribution in [0.4, 0.5) is 0 Å². The van der Waals surface area contributed by atoms with Gasteiger partial charge < -0.3 is 9.47 Å². The summed E-state index contributed by atoms with van der Waals surface area (Å²) in [6.07, 6.45) is 5.00. The Morgan fingerprint density at radius 2 is 2.36 bits per heavy atom. The highest BCUT2D eigenvalue weighted by Crippen LogP contribution is 2.15. The molecule has 0 aromatic rings. The second kappa shape index (κ2) is 6.96. The first-order valence-corrected chi connectivity index (χ1v) is 5.54. The van der Waals surface area contributed by atoms with Gasteiger partial charge in [-0.2, -0.15) is 0 Å². The molecule has 1 heterocycles. The second-order valence-corrected chi connectivity index (χ2v) is 3.78. The van der Waals surface area contributed by atoms with E-state index in [9.17, 15) is 4.79 Å². The molecule has 0 spiro atoms. The third-order valence-corrected chi connectivity index (χ3v) is 2.34. The normalized spacial score (nSPS) is 22.2. The molecule has 1 rings (SSSR count). The van der Waals surface area contributed by atoms with E-state index in [4.69, 9.17) is 9.47 Å². The molecule has 82 valence electrons. The predicted octanol–water partition coefficient (Wildman–Crippen LogP) is 1.94. The summed E-state index contributed by atoms with van der Waals surface area (Å²) in [5, 5.41) is 0. The minimum Gasteiger partial charge on any atom is -0.378 e. The Morgan fingerprint density at radius 3 is 3.00 bits per heavy atom. The van der Waals surface area contributed by atoms with Crippen LogP contribution in [-0.4, -0.2) is 31.7 Å². The highest BCUT2D eigenvalue weighted by molar-refractivity contribution is 5.80. The highest BCUT2D eigenvalue weighted by atomic mass is 16.5. The molecule has 1 saturated heterocycles. The number of hydrogen-bond donors (Lipinski definition) is 0. The second-order valence-electron chi connectivity index (χ2n) is 3.78. The van der Waals surface area contributed by atoms with Crippen LogP contribution in [0.15, 0.2) is 0 Å². The molecular weight excluding hydrogens is 180 g/mol. The SMILES string of the molecule is CCCOCC(=O)CC1CCCCO1. The number of rotatable bonds is 6. The Balaban J connectivity index is 2.06. The van der Waals surface area contributed by atoms with E-state index >= 15 is 0 Å². The number of carbonyl (C=O) groups excluding carboxylic acids is 1. The number of carbonyl (C=O) groups is 1. The fourth-order valence-electron chi connectivity index (χ4n) is 1.61. The van der Waals surface area contributed by atoms with Crippen molar-refractivity contribution in [2.45, 2.75) is 45.1 Å². The van der Waals surface area contributed by atoms with Gasteiger partial charge in [0.2, 0.25) is 0 Å². The van der Waals surface area contributed by atoms with Crippen LogP contribution in [0.3, 0.4) is 0 Å². The third-order valence-electron chi connectivity index (χ3n) is 2.34. The van der Waals surface area contributed by atoms with Gasteiger partial charge >= 0.3 is 0 Å². The van der Waals surface area contributed by atoms with Crippen LogP contribution >= 0.6 is 0 Å². The maximum atomic E-state index is 11.4. The fraction of sp³-hybridized carbons (Fsp3) is 0.909. The maximum Gasteiger partial charge on any atom is 0.161 e. The molecule has 1 atom stereocenters. The third kappa shape index (κ3) is 4.72. The molecule has 1 unspecified atom stereocenters. The summed E-state index contributed by atoms with van der Waals surface area (Å²) in [4.78, 5) is 11.4. The van der Waals surface area contributed by atoms with Gasteiger partial charge in [-0.25, -0.2) is 0 Å². The van der Waals surface area contributed by atoms with Gasteiger partial charge in [-0.3, -0.25) is 4.79 Å². The van der Waals surface area contributed by atoms with Crippen LogP contribution in [0.25, 0.3) is 0 Å². The van der Waals surface area contributed by atoms with Crippen molar-refractivity contribution in [1.82, 2.24) is 0 Å². The lowest BCUT2D eigenvalue weighted by Gasteiger charge is -2.21. The number of ketones is 1. The molecule has 0 bridgehead atoms. The molecular formula is C11H20O3. The fourth-order valence-corrected chi connectivity index (χ4v) is 1.61. The van der Waals surface area contributed by atoms with Gasteiger partial charge in [0, 0.05) is 19.6 Å². The smallest absolute Gasteiger partial charge is 0.161 e. The summed E-state index contributed by atoms with van der Waals surface area (Å²) in [6, 6.07) is 0. The molecule has 3 nitrogen and oxygen atoms in total. The first-order chi connectivity index (χ1) is 6.83. The summed E-state index contributed by atoms with van der Waals surface area (Å²) >= 11 is 0. The molecule has 1 fully saturated rings. The van der Waals surface area contributed by atoms with Crippen LogP contribution in [0.1, 0.15) is 39.0 Å². The summed E-state index contributed by atoms with van der Waals surface area (Å²) in [5.41, 5.74) is 0. The minimum absolute atomic E-state index is 0.154. The van der Waals surface area contributed by atoms with Crippen LogP contribution in [0, 0.1) is 0 Å². The molecule has 0 amide bonds. The van der Waals surface area contributed by atoms with Crippen molar-refractivity contribution in [1.29, 1.82) is 0 Å². The molecule has 0 saturated carbocycles. The summed E-state index contributed by atoms with van der Waals surface area (Å²) in [5.74, 6) is 0.172. The molecule has 0 N–H and O–H groups in total. The Hall–Kier alpha value is -0.410. The van der Waals surface area contributed by atoms with Crippen LogP contribution in [-0.2, 0) is 14.3 Å². The van der Waals surface area contributed by atoms with Gasteiger partial charge in [0.15, 0.2) is 5.78 Å². The number of hydrogen-bond acceptors (Lipinski definition) is 3. The largest absolute Gasteiger partial charge is 0.378 e. The monoisotopic (exact) mass is 200 g/mol. The lowest BCUT2D eigenvalue weighted by molar-refractivity contribution is -0.127. The topological polar surface area (TPSA) is 35.5 Å². The van der Waals surface area contributed by atoms with Crippen molar-refractivity contribution in [3.8, 4) is 0 Å². The molecule has 0 aliphatic carbocycles. The van der Waals surface area contributed by atoms with E-state index in [1.54, 1.807) is 0 Å². The number of Topliss-reactive ketones (excluding diaryl/α,β-unsaturated/α-hetero) is 1. The van der Waals surface area contributed by atoms with Gasteiger partial charge in [-0.15, -0.1) is 0 Å². The van der Waals surface area contributed by atoms with Crippen LogP contribution in [0.2, 0.25) is 0 Å². The lowest BCUT2D eigenvalue weighted by atomic mass is 10.0. The zero-order chi connectivity index (χ0) is 10.2. The molecule has 0 aromatic carbocycles. The van der Waals surface area contributed by atoms with Gasteiger partial charge in [0.05, 0.1) is 6.10 Å². The van der Waals surface area contributed by atoms with Crippen LogP contribution in [0.5, 0.6) is 0 Å². The summed E-state index contributed by atoms with van der Waals surface area (Å²) in [6.45, 7) is 3.79. The van der Waals surface area contributed by atoms with Crippen molar-refractivity contribution in [3.63, 3.8) is 0 Å². The quantitative estimate of drug-likeness (QED) is 0.615. The standard InChI is InChI=1S/C11H20O3/c1-2-6-13-9-10(12)8-11-5-3-4-7-14-11/h11H,2-9H2,1H3. The van der Waals surface area contributed by atoms with Crippen molar-refractivity contribution >= 4 is 5.78 Å². The average Bonchev–Trinajstić information content (AvgIpc) is 2.20. The van der Waals surface area contributed by atoms with Crippen LogP contribution < -0.4 is 0 Å². The first kappa shape index (κ1) is 11.7. The summed E-state index contributed by atoms with van der Waals surface area (Å²) < 4.78 is 10.7.